The minimum absolute atomic E-state index is 0.126. The summed E-state index contributed by atoms with van der Waals surface area (Å²) in [7, 11) is 0. The molecule has 1 aliphatic carbocycles. The van der Waals surface area contributed by atoms with Gasteiger partial charge in [-0.2, -0.15) is 0 Å². The third kappa shape index (κ3) is 3.02. The Morgan fingerprint density at radius 2 is 1.95 bits per heavy atom. The number of H-pyrrole nitrogens is 1. The molecule has 1 amide bonds. The van der Waals surface area contributed by atoms with Crippen molar-refractivity contribution in [1.29, 1.82) is 0 Å². The van der Waals surface area contributed by atoms with Gasteiger partial charge in [0.15, 0.2) is 0 Å². The van der Waals surface area contributed by atoms with Crippen LogP contribution in [-0.2, 0) is 6.54 Å². The molecule has 4 nitrogen and oxygen atoms in total. The fourth-order valence-corrected chi connectivity index (χ4v) is 2.29. The average Bonchev–Trinajstić information content (AvgIpc) is 3.30. The first kappa shape index (κ1) is 13.5. The van der Waals surface area contributed by atoms with Gasteiger partial charge in [-0.25, -0.2) is 4.39 Å². The first-order valence-corrected chi connectivity index (χ1v) is 6.89. The highest BCUT2D eigenvalue weighted by atomic mass is 19.1. The van der Waals surface area contributed by atoms with Crippen molar-refractivity contribution in [3.8, 4) is 0 Å². The Hall–Kier alpha value is -2.43. The number of amides is 1. The molecule has 1 heterocycles. The van der Waals surface area contributed by atoms with Gasteiger partial charge in [0.2, 0.25) is 5.56 Å². The van der Waals surface area contributed by atoms with Crippen molar-refractivity contribution < 1.29 is 9.18 Å². The number of rotatable bonds is 4. The van der Waals surface area contributed by atoms with Gasteiger partial charge >= 0.3 is 0 Å². The van der Waals surface area contributed by atoms with Crippen molar-refractivity contribution in [3.63, 3.8) is 0 Å². The van der Waals surface area contributed by atoms with E-state index in [4.69, 9.17) is 0 Å². The predicted molar refractivity (Wildman–Crippen MR) is 76.4 cm³/mol. The summed E-state index contributed by atoms with van der Waals surface area (Å²) in [5.74, 6) is -0.587. The molecule has 5 heteroatoms. The van der Waals surface area contributed by atoms with Crippen molar-refractivity contribution in [2.24, 2.45) is 0 Å². The van der Waals surface area contributed by atoms with E-state index >= 15 is 0 Å². The van der Waals surface area contributed by atoms with Crippen molar-refractivity contribution in [1.82, 2.24) is 9.88 Å². The van der Waals surface area contributed by atoms with E-state index in [0.717, 1.165) is 12.8 Å². The fraction of sp³-hybridized carbons (Fsp3) is 0.250. The van der Waals surface area contributed by atoms with Gasteiger partial charge in [-0.1, -0.05) is 24.3 Å². The van der Waals surface area contributed by atoms with Gasteiger partial charge in [0, 0.05) is 24.2 Å². The number of nitrogens with one attached hydrogen (secondary N) is 1. The molecule has 0 saturated heterocycles. The molecule has 1 aromatic heterocycles. The number of aromatic nitrogens is 1. The SMILES string of the molecule is O=C(c1cccc(=O)[nH]1)N(Cc1ccccc1F)C1CC1. The van der Waals surface area contributed by atoms with Crippen LogP contribution in [0.3, 0.4) is 0 Å². The summed E-state index contributed by atoms with van der Waals surface area (Å²) < 4.78 is 13.8. The molecule has 1 fully saturated rings. The standard InChI is InChI=1S/C16H15FN2O2/c17-13-5-2-1-4-11(13)10-19(12-8-9-12)16(21)14-6-3-7-15(20)18-14/h1-7,12H,8-10H2,(H,18,20). The molecule has 1 N–H and O–H groups in total. The first-order chi connectivity index (χ1) is 10.1. The topological polar surface area (TPSA) is 53.2 Å². The minimum Gasteiger partial charge on any atom is -0.330 e. The number of benzene rings is 1. The van der Waals surface area contributed by atoms with Crippen LogP contribution < -0.4 is 5.56 Å². The van der Waals surface area contributed by atoms with Crippen LogP contribution in [0.2, 0.25) is 0 Å². The first-order valence-electron chi connectivity index (χ1n) is 6.89. The number of hydrogen-bond acceptors (Lipinski definition) is 2. The normalized spacial score (nSPS) is 14.0. The summed E-state index contributed by atoms with van der Waals surface area (Å²) in [5.41, 5.74) is 0.407. The van der Waals surface area contributed by atoms with E-state index in [1.807, 2.05) is 0 Å². The zero-order valence-corrected chi connectivity index (χ0v) is 11.4. The van der Waals surface area contributed by atoms with Crippen LogP contribution in [0.4, 0.5) is 4.39 Å². The quantitative estimate of drug-likeness (QED) is 0.937. The molecule has 1 aromatic carbocycles. The van der Waals surface area contributed by atoms with Gasteiger partial charge in [-0.3, -0.25) is 9.59 Å². The molecule has 0 atom stereocenters. The molecule has 1 saturated carbocycles. The van der Waals surface area contributed by atoms with E-state index in [2.05, 4.69) is 4.98 Å². The number of hydrogen-bond donors (Lipinski definition) is 1. The lowest BCUT2D eigenvalue weighted by Crippen LogP contribution is -2.34. The molecule has 0 bridgehead atoms. The largest absolute Gasteiger partial charge is 0.330 e. The Morgan fingerprint density at radius 3 is 2.62 bits per heavy atom. The Morgan fingerprint density at radius 1 is 1.19 bits per heavy atom. The lowest BCUT2D eigenvalue weighted by molar-refractivity contribution is 0.0722. The minimum atomic E-state index is -0.322. The lowest BCUT2D eigenvalue weighted by atomic mass is 10.2. The third-order valence-electron chi connectivity index (χ3n) is 3.55. The molecule has 108 valence electrons. The van der Waals surface area contributed by atoms with Gasteiger partial charge in [0.05, 0.1) is 0 Å². The molecule has 3 rings (SSSR count). The number of carbonyl (C=O) groups excluding carboxylic acids is 1. The summed E-state index contributed by atoms with van der Waals surface area (Å²) in [5, 5.41) is 0. The maximum Gasteiger partial charge on any atom is 0.270 e. The number of halogens is 1. The molecule has 2 aromatic rings. The van der Waals surface area contributed by atoms with Crippen molar-refractivity contribution >= 4 is 5.91 Å². The summed E-state index contributed by atoms with van der Waals surface area (Å²) >= 11 is 0. The van der Waals surface area contributed by atoms with Crippen LogP contribution >= 0.6 is 0 Å². The van der Waals surface area contributed by atoms with Crippen LogP contribution in [0.5, 0.6) is 0 Å². The van der Waals surface area contributed by atoms with Crippen LogP contribution in [0.15, 0.2) is 47.3 Å². The van der Waals surface area contributed by atoms with E-state index in [9.17, 15) is 14.0 Å². The van der Waals surface area contributed by atoms with Crippen LogP contribution in [0, 0.1) is 5.82 Å². The Bertz CT molecular complexity index is 722. The second-order valence-corrected chi connectivity index (χ2v) is 5.18. The molecule has 0 radical (unpaired) electrons. The van der Waals surface area contributed by atoms with Gasteiger partial charge in [0.1, 0.15) is 11.5 Å². The number of aromatic amines is 1. The Kier molecular flexibility index (Phi) is 3.56. The van der Waals surface area contributed by atoms with Gasteiger partial charge < -0.3 is 9.88 Å². The zero-order chi connectivity index (χ0) is 14.8. The van der Waals surface area contributed by atoms with Crippen LogP contribution in [-0.4, -0.2) is 21.8 Å². The smallest absolute Gasteiger partial charge is 0.270 e. The fourth-order valence-electron chi connectivity index (χ4n) is 2.29. The maximum absolute atomic E-state index is 13.8. The molecule has 0 unspecified atom stereocenters. The number of carbonyl (C=O) groups is 1. The van der Waals surface area contributed by atoms with Gasteiger partial charge in [-0.05, 0) is 25.0 Å². The van der Waals surface area contributed by atoms with Crippen molar-refractivity contribution in [2.45, 2.75) is 25.4 Å². The Labute approximate surface area is 121 Å². The number of pyridine rings is 1. The molecule has 0 aliphatic heterocycles. The van der Waals surface area contributed by atoms with Gasteiger partial charge in [-0.15, -0.1) is 0 Å². The van der Waals surface area contributed by atoms with Crippen molar-refractivity contribution in [3.05, 3.63) is 69.9 Å². The van der Waals surface area contributed by atoms with E-state index < -0.39 is 0 Å². The highest BCUT2D eigenvalue weighted by molar-refractivity contribution is 5.92. The maximum atomic E-state index is 13.8. The van der Waals surface area contributed by atoms with Crippen LogP contribution in [0.25, 0.3) is 0 Å². The van der Waals surface area contributed by atoms with Gasteiger partial charge in [0.25, 0.3) is 5.91 Å². The lowest BCUT2D eigenvalue weighted by Gasteiger charge is -2.22. The van der Waals surface area contributed by atoms with E-state index in [1.165, 1.54) is 12.1 Å². The predicted octanol–water partition coefficient (Wildman–Crippen LogP) is 2.32. The summed E-state index contributed by atoms with van der Waals surface area (Å²) in [6.45, 7) is 0.215. The molecule has 21 heavy (non-hydrogen) atoms. The number of nitrogens with zero attached hydrogens (tertiary/aromatic N) is 1. The highest BCUT2D eigenvalue weighted by Gasteiger charge is 2.33. The average molecular weight is 286 g/mol. The van der Waals surface area contributed by atoms with E-state index in [1.54, 1.807) is 35.2 Å². The third-order valence-corrected chi connectivity index (χ3v) is 3.55. The second kappa shape index (κ2) is 5.52. The van der Waals surface area contributed by atoms with E-state index in [-0.39, 0.29) is 35.6 Å². The monoisotopic (exact) mass is 286 g/mol. The summed E-state index contributed by atoms with van der Waals surface area (Å²) in [6, 6.07) is 11.0. The molecule has 1 aliphatic rings. The second-order valence-electron chi connectivity index (χ2n) is 5.18. The van der Waals surface area contributed by atoms with Crippen molar-refractivity contribution in [2.75, 3.05) is 0 Å². The molecule has 0 spiro atoms. The molecular weight excluding hydrogens is 271 g/mol. The highest BCUT2D eigenvalue weighted by Crippen LogP contribution is 2.29. The summed E-state index contributed by atoms with van der Waals surface area (Å²) in [4.78, 5) is 28.0. The molecular formula is C16H15FN2O2. The Balaban J connectivity index is 1.87. The summed E-state index contributed by atoms with van der Waals surface area (Å²) in [6.07, 6.45) is 1.83. The van der Waals surface area contributed by atoms with Crippen LogP contribution in [0.1, 0.15) is 28.9 Å². The van der Waals surface area contributed by atoms with E-state index in [0.29, 0.717) is 5.56 Å². The zero-order valence-electron chi connectivity index (χ0n) is 11.4.